The van der Waals surface area contributed by atoms with Crippen molar-refractivity contribution in [3.8, 4) is 0 Å². The average molecular weight is 278 g/mol. The second kappa shape index (κ2) is 5.16. The van der Waals surface area contributed by atoms with Crippen LogP contribution in [0.1, 0.15) is 15.9 Å². The molecular weight excluding hydrogens is 266 g/mol. The summed E-state index contributed by atoms with van der Waals surface area (Å²) in [4.78, 5) is 15.0. The number of nitrogens with one attached hydrogen (secondary N) is 1. The number of halogens is 1. The van der Waals surface area contributed by atoms with Crippen LogP contribution >= 0.6 is 11.6 Å². The summed E-state index contributed by atoms with van der Waals surface area (Å²) in [7, 11) is 0. The predicted octanol–water partition coefficient (Wildman–Crippen LogP) is 3.07. The van der Waals surface area contributed by atoms with Crippen molar-refractivity contribution in [2.24, 2.45) is 0 Å². The largest absolute Gasteiger partial charge is 0.478 e. The number of carboxylic acid groups (broad SMARTS) is 1. The van der Waals surface area contributed by atoms with Gasteiger partial charge >= 0.3 is 5.97 Å². The van der Waals surface area contributed by atoms with Crippen molar-refractivity contribution >= 4 is 34.8 Å². The molecule has 19 heavy (non-hydrogen) atoms. The molecule has 6 heteroatoms. The van der Waals surface area contributed by atoms with Gasteiger partial charge in [-0.05, 0) is 30.7 Å². The van der Waals surface area contributed by atoms with Gasteiger partial charge in [-0.1, -0.05) is 17.7 Å². The van der Waals surface area contributed by atoms with Gasteiger partial charge in [-0.15, -0.1) is 0 Å². The number of aryl methyl sites for hydroxylation is 1. The molecular formula is C13H12ClN3O2. The van der Waals surface area contributed by atoms with Gasteiger partial charge in [0.2, 0.25) is 0 Å². The van der Waals surface area contributed by atoms with Crippen LogP contribution in [0.15, 0.2) is 30.5 Å². The van der Waals surface area contributed by atoms with E-state index in [2.05, 4.69) is 10.3 Å². The molecule has 0 aliphatic rings. The summed E-state index contributed by atoms with van der Waals surface area (Å²) >= 11 is 5.92. The summed E-state index contributed by atoms with van der Waals surface area (Å²) in [6.07, 6.45) is 1.39. The molecule has 1 aromatic carbocycles. The maximum atomic E-state index is 11.0. The first-order valence-corrected chi connectivity index (χ1v) is 5.88. The van der Waals surface area contributed by atoms with Crippen LogP contribution in [0.3, 0.4) is 0 Å². The molecule has 0 spiro atoms. The number of aromatic nitrogens is 1. The third-order valence-electron chi connectivity index (χ3n) is 2.67. The van der Waals surface area contributed by atoms with Crippen molar-refractivity contribution in [1.82, 2.24) is 4.98 Å². The topological polar surface area (TPSA) is 88.2 Å². The Balaban J connectivity index is 2.41. The van der Waals surface area contributed by atoms with Crippen molar-refractivity contribution < 1.29 is 9.90 Å². The van der Waals surface area contributed by atoms with Crippen LogP contribution in [0.25, 0.3) is 0 Å². The Hall–Kier alpha value is -2.27. The molecule has 0 atom stereocenters. The van der Waals surface area contributed by atoms with Crippen LogP contribution in [0.2, 0.25) is 5.02 Å². The summed E-state index contributed by atoms with van der Waals surface area (Å²) in [5, 5.41) is 12.6. The summed E-state index contributed by atoms with van der Waals surface area (Å²) in [6.45, 7) is 1.90. The molecule has 0 bridgehead atoms. The lowest BCUT2D eigenvalue weighted by molar-refractivity contribution is 0.0698. The molecule has 0 aliphatic heterocycles. The standard InChI is InChI=1S/C13H12ClN3O2/c1-7-2-3-8(14)6-10(7)17-12-11(15)9(13(18)19)4-5-16-12/h2-6H,15H2,1H3,(H,16,17)(H,18,19). The smallest absolute Gasteiger partial charge is 0.337 e. The highest BCUT2D eigenvalue weighted by Crippen LogP contribution is 2.27. The minimum absolute atomic E-state index is 0.0113. The molecule has 0 saturated heterocycles. The Labute approximate surface area is 115 Å². The van der Waals surface area contributed by atoms with Crippen molar-refractivity contribution in [3.63, 3.8) is 0 Å². The van der Waals surface area contributed by atoms with Crippen LogP contribution in [0.4, 0.5) is 17.2 Å². The van der Waals surface area contributed by atoms with Crippen LogP contribution in [0.5, 0.6) is 0 Å². The zero-order chi connectivity index (χ0) is 14.0. The minimum Gasteiger partial charge on any atom is -0.478 e. The first-order valence-electron chi connectivity index (χ1n) is 5.50. The lowest BCUT2D eigenvalue weighted by Gasteiger charge is -2.12. The molecule has 1 heterocycles. The third-order valence-corrected chi connectivity index (χ3v) is 2.91. The molecule has 0 saturated carbocycles. The lowest BCUT2D eigenvalue weighted by atomic mass is 10.2. The zero-order valence-corrected chi connectivity index (χ0v) is 10.9. The van der Waals surface area contributed by atoms with E-state index < -0.39 is 5.97 Å². The molecule has 0 unspecified atom stereocenters. The molecule has 4 N–H and O–H groups in total. The number of anilines is 3. The number of aromatic carboxylic acids is 1. The molecule has 0 fully saturated rings. The number of nitrogen functional groups attached to an aromatic ring is 1. The van der Waals surface area contributed by atoms with Crippen molar-refractivity contribution in [2.45, 2.75) is 6.92 Å². The first kappa shape index (κ1) is 13.2. The average Bonchev–Trinajstić information content (AvgIpc) is 2.36. The first-order chi connectivity index (χ1) is 8.99. The van der Waals surface area contributed by atoms with Gasteiger partial charge in [-0.2, -0.15) is 0 Å². The van der Waals surface area contributed by atoms with Crippen LogP contribution in [-0.4, -0.2) is 16.1 Å². The number of benzene rings is 1. The van der Waals surface area contributed by atoms with E-state index in [1.54, 1.807) is 12.1 Å². The number of nitrogens with two attached hydrogens (primary N) is 1. The number of carbonyl (C=O) groups is 1. The highest BCUT2D eigenvalue weighted by atomic mass is 35.5. The number of rotatable bonds is 3. The predicted molar refractivity (Wildman–Crippen MR) is 75.1 cm³/mol. The van der Waals surface area contributed by atoms with Crippen LogP contribution in [-0.2, 0) is 0 Å². The second-order valence-corrected chi connectivity index (χ2v) is 4.45. The minimum atomic E-state index is -1.09. The molecule has 0 radical (unpaired) electrons. The van der Waals surface area contributed by atoms with E-state index in [9.17, 15) is 4.79 Å². The van der Waals surface area contributed by atoms with Gasteiger partial charge < -0.3 is 16.2 Å². The van der Waals surface area contributed by atoms with Crippen LogP contribution in [0, 0.1) is 6.92 Å². The quantitative estimate of drug-likeness (QED) is 0.802. The van der Waals surface area contributed by atoms with Gasteiger partial charge in [0.1, 0.15) is 0 Å². The molecule has 0 amide bonds. The SMILES string of the molecule is Cc1ccc(Cl)cc1Nc1nccc(C(=O)O)c1N. The summed E-state index contributed by atoms with van der Waals surface area (Å²) < 4.78 is 0. The maximum absolute atomic E-state index is 11.0. The molecule has 2 aromatic rings. The number of pyridine rings is 1. The summed E-state index contributed by atoms with van der Waals surface area (Å²) in [6, 6.07) is 6.70. The van der Waals surface area contributed by atoms with Gasteiger partial charge in [0.05, 0.1) is 11.3 Å². The van der Waals surface area contributed by atoms with Crippen molar-refractivity contribution in [1.29, 1.82) is 0 Å². The lowest BCUT2D eigenvalue weighted by Crippen LogP contribution is -2.07. The van der Waals surface area contributed by atoms with Crippen LogP contribution < -0.4 is 11.1 Å². The number of hydrogen-bond donors (Lipinski definition) is 3. The van der Waals surface area contributed by atoms with E-state index in [4.69, 9.17) is 22.4 Å². The van der Waals surface area contributed by atoms with E-state index in [0.29, 0.717) is 10.8 Å². The fourth-order valence-electron chi connectivity index (χ4n) is 1.62. The molecule has 1 aromatic heterocycles. The number of nitrogens with zero attached hydrogens (tertiary/aromatic N) is 1. The monoisotopic (exact) mass is 277 g/mol. The Bertz CT molecular complexity index is 644. The van der Waals surface area contributed by atoms with Gasteiger partial charge in [0.25, 0.3) is 0 Å². The Kier molecular flexibility index (Phi) is 3.57. The van der Waals surface area contributed by atoms with Crippen molar-refractivity contribution in [3.05, 3.63) is 46.6 Å². The zero-order valence-electron chi connectivity index (χ0n) is 10.1. The van der Waals surface area contributed by atoms with E-state index in [1.165, 1.54) is 12.3 Å². The summed E-state index contributed by atoms with van der Waals surface area (Å²) in [5.41, 5.74) is 7.57. The normalized spacial score (nSPS) is 10.2. The molecule has 5 nitrogen and oxygen atoms in total. The molecule has 2 rings (SSSR count). The van der Waals surface area contributed by atoms with E-state index >= 15 is 0 Å². The highest BCUT2D eigenvalue weighted by Gasteiger charge is 2.13. The van der Waals surface area contributed by atoms with Gasteiger partial charge in [-0.25, -0.2) is 9.78 Å². The maximum Gasteiger partial charge on any atom is 0.337 e. The van der Waals surface area contributed by atoms with E-state index in [-0.39, 0.29) is 11.3 Å². The fraction of sp³-hybridized carbons (Fsp3) is 0.0769. The van der Waals surface area contributed by atoms with Gasteiger partial charge in [0.15, 0.2) is 5.82 Å². The number of hydrogen-bond acceptors (Lipinski definition) is 4. The van der Waals surface area contributed by atoms with E-state index in [1.807, 2.05) is 13.0 Å². The molecule has 98 valence electrons. The van der Waals surface area contributed by atoms with Gasteiger partial charge in [0, 0.05) is 16.9 Å². The third kappa shape index (κ3) is 2.77. The fourth-order valence-corrected chi connectivity index (χ4v) is 1.79. The number of carboxylic acids is 1. The second-order valence-electron chi connectivity index (χ2n) is 4.01. The Morgan fingerprint density at radius 3 is 2.84 bits per heavy atom. The Morgan fingerprint density at radius 1 is 1.42 bits per heavy atom. The summed E-state index contributed by atoms with van der Waals surface area (Å²) in [5.74, 6) is -0.795. The van der Waals surface area contributed by atoms with Gasteiger partial charge in [-0.3, -0.25) is 0 Å². The van der Waals surface area contributed by atoms with E-state index in [0.717, 1.165) is 11.3 Å². The molecule has 0 aliphatic carbocycles. The highest BCUT2D eigenvalue weighted by molar-refractivity contribution is 6.30. The van der Waals surface area contributed by atoms with Crippen molar-refractivity contribution in [2.75, 3.05) is 11.1 Å². The Morgan fingerprint density at radius 2 is 2.16 bits per heavy atom.